The monoisotopic (exact) mass is 373 g/mol. The fourth-order valence-corrected chi connectivity index (χ4v) is 2.25. The van der Waals surface area contributed by atoms with Gasteiger partial charge in [0.05, 0.1) is 25.1 Å². The molecule has 9 heteroatoms. The molecule has 0 fully saturated rings. The van der Waals surface area contributed by atoms with Crippen molar-refractivity contribution in [3.63, 3.8) is 0 Å². The molecule has 0 saturated heterocycles. The SMILES string of the molecule is C/C(=N/OCC(=O)NCC(=O)NCc1ccco1)c1ccc2c(c1)OCO2. The van der Waals surface area contributed by atoms with Crippen LogP contribution in [-0.4, -0.2) is 37.5 Å². The third kappa shape index (κ3) is 5.24. The molecule has 0 saturated carbocycles. The average molecular weight is 373 g/mol. The van der Waals surface area contributed by atoms with E-state index in [4.69, 9.17) is 18.7 Å². The molecule has 1 aliphatic rings. The number of furan rings is 1. The summed E-state index contributed by atoms with van der Waals surface area (Å²) in [6, 6.07) is 8.86. The largest absolute Gasteiger partial charge is 0.467 e. The Morgan fingerprint density at radius 1 is 1.15 bits per heavy atom. The van der Waals surface area contributed by atoms with Gasteiger partial charge in [0.1, 0.15) is 5.76 Å². The summed E-state index contributed by atoms with van der Waals surface area (Å²) in [6.45, 7) is 1.75. The molecule has 9 nitrogen and oxygen atoms in total. The first-order valence-electron chi connectivity index (χ1n) is 8.24. The van der Waals surface area contributed by atoms with Gasteiger partial charge in [0.2, 0.25) is 12.7 Å². The second kappa shape index (κ2) is 8.75. The van der Waals surface area contributed by atoms with Gasteiger partial charge in [-0.25, -0.2) is 0 Å². The van der Waals surface area contributed by atoms with Crippen molar-refractivity contribution in [1.82, 2.24) is 10.6 Å². The number of oxime groups is 1. The highest BCUT2D eigenvalue weighted by Gasteiger charge is 2.14. The summed E-state index contributed by atoms with van der Waals surface area (Å²) in [5.41, 5.74) is 1.37. The minimum absolute atomic E-state index is 0.159. The number of benzene rings is 1. The molecule has 2 amide bonds. The molecule has 0 unspecified atom stereocenters. The molecule has 142 valence electrons. The van der Waals surface area contributed by atoms with Crippen LogP contribution in [0, 0.1) is 0 Å². The summed E-state index contributed by atoms with van der Waals surface area (Å²) in [5.74, 6) is 1.16. The number of nitrogens with one attached hydrogen (secondary N) is 2. The average Bonchev–Trinajstić information content (AvgIpc) is 3.35. The molecule has 1 aromatic carbocycles. The topological polar surface area (TPSA) is 111 Å². The molecule has 0 radical (unpaired) electrons. The Morgan fingerprint density at radius 3 is 2.81 bits per heavy atom. The number of ether oxygens (including phenoxy) is 2. The van der Waals surface area contributed by atoms with Gasteiger partial charge in [-0.3, -0.25) is 9.59 Å². The van der Waals surface area contributed by atoms with Crippen LogP contribution in [0.5, 0.6) is 11.5 Å². The number of amides is 2. The van der Waals surface area contributed by atoms with Crippen LogP contribution in [0.3, 0.4) is 0 Å². The number of hydrogen-bond donors (Lipinski definition) is 2. The van der Waals surface area contributed by atoms with Crippen LogP contribution in [0.2, 0.25) is 0 Å². The lowest BCUT2D eigenvalue weighted by Crippen LogP contribution is -2.37. The van der Waals surface area contributed by atoms with Crippen molar-refractivity contribution >= 4 is 17.5 Å². The minimum Gasteiger partial charge on any atom is -0.467 e. The van der Waals surface area contributed by atoms with Crippen LogP contribution in [0.1, 0.15) is 18.2 Å². The molecule has 0 atom stereocenters. The number of hydrogen-bond acceptors (Lipinski definition) is 7. The Morgan fingerprint density at radius 2 is 2.00 bits per heavy atom. The Kier molecular flexibility index (Phi) is 5.93. The zero-order valence-corrected chi connectivity index (χ0v) is 14.7. The quantitative estimate of drug-likeness (QED) is 0.531. The zero-order chi connectivity index (χ0) is 19.1. The molecule has 0 spiro atoms. The predicted octanol–water partition coefficient (Wildman–Crippen LogP) is 1.18. The summed E-state index contributed by atoms with van der Waals surface area (Å²) in [6.07, 6.45) is 1.52. The van der Waals surface area contributed by atoms with Crippen LogP contribution >= 0.6 is 0 Å². The van der Waals surface area contributed by atoms with Crippen molar-refractivity contribution in [2.75, 3.05) is 19.9 Å². The smallest absolute Gasteiger partial charge is 0.261 e. The minimum atomic E-state index is -0.453. The van der Waals surface area contributed by atoms with Gasteiger partial charge < -0.3 is 29.4 Å². The summed E-state index contributed by atoms with van der Waals surface area (Å²) in [7, 11) is 0. The first kappa shape index (κ1) is 18.3. The summed E-state index contributed by atoms with van der Waals surface area (Å²) < 4.78 is 15.6. The first-order chi connectivity index (χ1) is 13.1. The number of carbonyl (C=O) groups excluding carboxylic acids is 2. The van der Waals surface area contributed by atoms with Crippen molar-refractivity contribution in [3.8, 4) is 11.5 Å². The van der Waals surface area contributed by atoms with Gasteiger partial charge in [-0.1, -0.05) is 5.16 Å². The summed E-state index contributed by atoms with van der Waals surface area (Å²) in [5, 5.41) is 8.97. The zero-order valence-electron chi connectivity index (χ0n) is 14.7. The molecule has 2 N–H and O–H groups in total. The van der Waals surface area contributed by atoms with Crippen LogP contribution < -0.4 is 20.1 Å². The van der Waals surface area contributed by atoms with Gasteiger partial charge in [0.25, 0.3) is 5.91 Å². The molecule has 1 aromatic heterocycles. The molecular formula is C18H19N3O6. The van der Waals surface area contributed by atoms with E-state index in [-0.39, 0.29) is 32.4 Å². The van der Waals surface area contributed by atoms with Crippen LogP contribution in [0.25, 0.3) is 0 Å². The van der Waals surface area contributed by atoms with Gasteiger partial charge in [0, 0.05) is 5.56 Å². The summed E-state index contributed by atoms with van der Waals surface area (Å²) >= 11 is 0. The van der Waals surface area contributed by atoms with Crippen LogP contribution in [-0.2, 0) is 21.0 Å². The highest BCUT2D eigenvalue weighted by molar-refractivity contribution is 5.99. The van der Waals surface area contributed by atoms with Crippen molar-refractivity contribution < 1.29 is 28.3 Å². The van der Waals surface area contributed by atoms with Crippen molar-refractivity contribution in [2.45, 2.75) is 13.5 Å². The fourth-order valence-electron chi connectivity index (χ4n) is 2.25. The molecule has 27 heavy (non-hydrogen) atoms. The van der Waals surface area contributed by atoms with Gasteiger partial charge in [0.15, 0.2) is 18.1 Å². The molecule has 3 rings (SSSR count). The highest BCUT2D eigenvalue weighted by atomic mass is 16.7. The normalized spacial score (nSPS) is 12.6. The number of rotatable bonds is 8. The van der Waals surface area contributed by atoms with Crippen molar-refractivity contribution in [3.05, 3.63) is 47.9 Å². The molecule has 0 aliphatic carbocycles. The van der Waals surface area contributed by atoms with Gasteiger partial charge in [-0.05, 0) is 37.3 Å². The lowest BCUT2D eigenvalue weighted by molar-refractivity contribution is -0.129. The summed E-state index contributed by atoms with van der Waals surface area (Å²) in [4.78, 5) is 28.4. The van der Waals surface area contributed by atoms with E-state index in [2.05, 4.69) is 15.8 Å². The lowest BCUT2D eigenvalue weighted by atomic mass is 10.1. The maximum Gasteiger partial charge on any atom is 0.261 e. The second-order valence-electron chi connectivity index (χ2n) is 5.65. The second-order valence-corrected chi connectivity index (χ2v) is 5.65. The van der Waals surface area contributed by atoms with Gasteiger partial charge in [-0.2, -0.15) is 0 Å². The Hall–Kier alpha value is -3.49. The molecule has 2 aromatic rings. The van der Waals surface area contributed by atoms with Gasteiger partial charge in [-0.15, -0.1) is 0 Å². The maximum atomic E-state index is 11.7. The van der Waals surface area contributed by atoms with E-state index < -0.39 is 5.91 Å². The number of nitrogens with zero attached hydrogens (tertiary/aromatic N) is 1. The molecular weight excluding hydrogens is 354 g/mol. The first-order valence-corrected chi connectivity index (χ1v) is 8.24. The van der Waals surface area contributed by atoms with E-state index in [1.165, 1.54) is 6.26 Å². The standard InChI is InChI=1S/C18H19N3O6/c1-12(13-4-5-15-16(7-13)26-11-25-15)21-27-10-18(23)20-9-17(22)19-8-14-3-2-6-24-14/h2-7H,8-11H2,1H3,(H,19,22)(H,20,23)/b21-12-. The van der Waals surface area contributed by atoms with Crippen LogP contribution in [0.4, 0.5) is 0 Å². The molecule has 1 aliphatic heterocycles. The Labute approximate surface area is 155 Å². The Balaban J connectivity index is 1.37. The van der Waals surface area contributed by atoms with Crippen molar-refractivity contribution in [1.29, 1.82) is 0 Å². The van der Waals surface area contributed by atoms with E-state index in [9.17, 15) is 9.59 Å². The highest BCUT2D eigenvalue weighted by Crippen LogP contribution is 2.32. The third-order valence-corrected chi connectivity index (χ3v) is 3.67. The van der Waals surface area contributed by atoms with E-state index in [1.54, 1.807) is 31.2 Å². The van der Waals surface area contributed by atoms with Crippen molar-refractivity contribution in [2.24, 2.45) is 5.16 Å². The van der Waals surface area contributed by atoms with Crippen LogP contribution in [0.15, 0.2) is 46.2 Å². The predicted molar refractivity (Wildman–Crippen MR) is 94.3 cm³/mol. The number of carbonyl (C=O) groups is 2. The fraction of sp³-hybridized carbons (Fsp3) is 0.278. The molecule has 0 bridgehead atoms. The lowest BCUT2D eigenvalue weighted by Gasteiger charge is -2.06. The molecule has 2 heterocycles. The van der Waals surface area contributed by atoms with E-state index >= 15 is 0 Å². The third-order valence-electron chi connectivity index (χ3n) is 3.67. The van der Waals surface area contributed by atoms with E-state index in [0.29, 0.717) is 23.0 Å². The number of fused-ring (bicyclic) bond motifs is 1. The van der Waals surface area contributed by atoms with Gasteiger partial charge >= 0.3 is 0 Å². The van der Waals surface area contributed by atoms with E-state index in [1.807, 2.05) is 6.07 Å². The van der Waals surface area contributed by atoms with E-state index in [0.717, 1.165) is 5.56 Å². The Bertz CT molecular complexity index is 832. The maximum absolute atomic E-state index is 11.7.